The second kappa shape index (κ2) is 10.6. The zero-order chi connectivity index (χ0) is 16.2. The second-order valence-electron chi connectivity index (χ2n) is 5.16. The Hall–Kier alpha value is -2.11. The monoisotopic (exact) mass is 308 g/mol. The molecule has 0 unspecified atom stereocenters. The first-order chi connectivity index (χ1) is 10.6. The largest absolute Gasteiger partial charge is 0.449 e. The lowest BCUT2D eigenvalue weighted by atomic mass is 10.1. The van der Waals surface area contributed by atoms with Gasteiger partial charge in [-0.3, -0.25) is 15.4 Å². The van der Waals surface area contributed by atoms with Crippen molar-refractivity contribution in [1.82, 2.24) is 0 Å². The molecular formula is C16H24N2O4. The summed E-state index contributed by atoms with van der Waals surface area (Å²) in [5.41, 5.74) is 0.00689. The number of hydrogen-bond donors (Lipinski definition) is 1. The van der Waals surface area contributed by atoms with Gasteiger partial charge in [0.2, 0.25) is 0 Å². The van der Waals surface area contributed by atoms with Gasteiger partial charge in [0.25, 0.3) is 5.69 Å². The summed E-state index contributed by atoms with van der Waals surface area (Å²) in [7, 11) is 0. The number of anilines is 1. The zero-order valence-corrected chi connectivity index (χ0v) is 13.0. The maximum absolute atomic E-state index is 11.6. The molecule has 1 aromatic rings. The Morgan fingerprint density at radius 2 is 1.77 bits per heavy atom. The molecule has 0 fully saturated rings. The number of benzene rings is 1. The van der Waals surface area contributed by atoms with E-state index in [4.69, 9.17) is 4.74 Å². The zero-order valence-electron chi connectivity index (χ0n) is 13.0. The first-order valence-corrected chi connectivity index (χ1v) is 7.82. The van der Waals surface area contributed by atoms with Gasteiger partial charge in [-0.15, -0.1) is 0 Å². The highest BCUT2D eigenvalue weighted by atomic mass is 16.6. The molecule has 0 aliphatic rings. The first kappa shape index (κ1) is 17.9. The van der Waals surface area contributed by atoms with Crippen molar-refractivity contribution in [3.05, 3.63) is 34.4 Å². The van der Waals surface area contributed by atoms with Crippen LogP contribution in [0.4, 0.5) is 16.2 Å². The van der Waals surface area contributed by atoms with Crippen molar-refractivity contribution >= 4 is 17.5 Å². The summed E-state index contributed by atoms with van der Waals surface area (Å²) in [5.74, 6) is 0. The fourth-order valence-corrected chi connectivity index (χ4v) is 2.11. The molecule has 0 atom stereocenters. The third-order valence-electron chi connectivity index (χ3n) is 3.32. The smallest absolute Gasteiger partial charge is 0.411 e. The number of carbonyl (C=O) groups is 1. The Balaban J connectivity index is 2.20. The number of hydrogen-bond acceptors (Lipinski definition) is 4. The van der Waals surface area contributed by atoms with Crippen molar-refractivity contribution < 1.29 is 14.5 Å². The number of nitro benzene ring substituents is 1. The Kier molecular flexibility index (Phi) is 8.64. The predicted molar refractivity (Wildman–Crippen MR) is 86.1 cm³/mol. The van der Waals surface area contributed by atoms with Gasteiger partial charge in [-0.25, -0.2) is 4.79 Å². The van der Waals surface area contributed by atoms with E-state index in [0.717, 1.165) is 19.3 Å². The summed E-state index contributed by atoms with van der Waals surface area (Å²) in [6.45, 7) is 2.52. The molecule has 1 aromatic carbocycles. The van der Waals surface area contributed by atoms with E-state index in [1.807, 2.05) is 0 Å². The maximum Gasteiger partial charge on any atom is 0.411 e. The predicted octanol–water partition coefficient (Wildman–Crippen LogP) is 4.89. The summed E-state index contributed by atoms with van der Waals surface area (Å²) in [6.07, 6.45) is 7.32. The van der Waals surface area contributed by atoms with Crippen LogP contribution < -0.4 is 5.32 Å². The van der Waals surface area contributed by atoms with Crippen LogP contribution in [0.15, 0.2) is 24.3 Å². The number of unbranched alkanes of at least 4 members (excludes halogenated alkanes) is 6. The molecule has 6 heteroatoms. The molecule has 0 aliphatic heterocycles. The van der Waals surface area contributed by atoms with E-state index in [2.05, 4.69) is 12.2 Å². The molecule has 1 N–H and O–H groups in total. The van der Waals surface area contributed by atoms with Crippen LogP contribution in [0, 0.1) is 10.1 Å². The molecule has 0 aliphatic carbocycles. The van der Waals surface area contributed by atoms with E-state index in [-0.39, 0.29) is 11.4 Å². The summed E-state index contributed by atoms with van der Waals surface area (Å²) >= 11 is 0. The summed E-state index contributed by atoms with van der Waals surface area (Å²) in [6, 6.07) is 5.99. The highest BCUT2D eigenvalue weighted by Crippen LogP contribution is 2.23. The molecule has 6 nitrogen and oxygen atoms in total. The lowest BCUT2D eigenvalue weighted by Crippen LogP contribution is -2.15. The molecule has 22 heavy (non-hydrogen) atoms. The number of nitrogens with zero attached hydrogens (tertiary/aromatic N) is 1. The molecule has 1 rings (SSSR count). The highest BCUT2D eigenvalue weighted by Gasteiger charge is 2.14. The van der Waals surface area contributed by atoms with Crippen LogP contribution in [0.25, 0.3) is 0 Å². The van der Waals surface area contributed by atoms with Crippen molar-refractivity contribution in [2.75, 3.05) is 11.9 Å². The van der Waals surface area contributed by atoms with Crippen LogP contribution in [-0.4, -0.2) is 17.6 Å². The van der Waals surface area contributed by atoms with E-state index in [0.29, 0.717) is 6.61 Å². The molecule has 0 radical (unpaired) electrons. The van der Waals surface area contributed by atoms with Crippen molar-refractivity contribution in [1.29, 1.82) is 0 Å². The number of amides is 1. The molecule has 0 spiro atoms. The Morgan fingerprint density at radius 3 is 2.45 bits per heavy atom. The van der Waals surface area contributed by atoms with Gasteiger partial charge in [0, 0.05) is 6.07 Å². The van der Waals surface area contributed by atoms with Gasteiger partial charge in [-0.05, 0) is 12.5 Å². The van der Waals surface area contributed by atoms with Gasteiger partial charge >= 0.3 is 6.09 Å². The Morgan fingerprint density at radius 1 is 1.14 bits per heavy atom. The number of nitrogens with one attached hydrogen (secondary N) is 1. The standard InChI is InChI=1S/C16H24N2O4/c1-2-3-4-5-6-7-10-13-22-16(19)17-14-11-8-9-12-15(14)18(20)21/h8-9,11-12H,2-7,10,13H2,1H3,(H,17,19). The first-order valence-electron chi connectivity index (χ1n) is 7.82. The molecule has 122 valence electrons. The Bertz CT molecular complexity index is 477. The van der Waals surface area contributed by atoms with Crippen LogP contribution in [0.1, 0.15) is 51.9 Å². The molecular weight excluding hydrogens is 284 g/mol. The van der Waals surface area contributed by atoms with Crippen LogP contribution in [-0.2, 0) is 4.74 Å². The number of nitro groups is 1. The van der Waals surface area contributed by atoms with Crippen LogP contribution in [0.3, 0.4) is 0 Å². The van der Waals surface area contributed by atoms with Crippen molar-refractivity contribution in [3.8, 4) is 0 Å². The third kappa shape index (κ3) is 7.06. The van der Waals surface area contributed by atoms with E-state index >= 15 is 0 Å². The average molecular weight is 308 g/mol. The Labute approximate surface area is 131 Å². The maximum atomic E-state index is 11.6. The fourth-order valence-electron chi connectivity index (χ4n) is 2.11. The molecule has 0 bridgehead atoms. The summed E-state index contributed by atoms with van der Waals surface area (Å²) in [5, 5.41) is 13.2. The average Bonchev–Trinajstić information content (AvgIpc) is 2.50. The minimum absolute atomic E-state index is 0.143. The molecule has 1 amide bonds. The molecule has 0 aromatic heterocycles. The lowest BCUT2D eigenvalue weighted by Gasteiger charge is -2.07. The number of para-hydroxylation sites is 2. The molecule has 0 saturated carbocycles. The second-order valence-corrected chi connectivity index (χ2v) is 5.16. The quantitative estimate of drug-likeness (QED) is 0.379. The van der Waals surface area contributed by atoms with Crippen LogP contribution >= 0.6 is 0 Å². The van der Waals surface area contributed by atoms with Gasteiger partial charge in [0.15, 0.2) is 0 Å². The van der Waals surface area contributed by atoms with Crippen molar-refractivity contribution in [2.24, 2.45) is 0 Å². The van der Waals surface area contributed by atoms with Gasteiger partial charge in [0.05, 0.1) is 11.5 Å². The van der Waals surface area contributed by atoms with E-state index in [9.17, 15) is 14.9 Å². The van der Waals surface area contributed by atoms with Crippen molar-refractivity contribution in [2.45, 2.75) is 51.9 Å². The number of carbonyl (C=O) groups excluding carboxylic acids is 1. The summed E-state index contributed by atoms with van der Waals surface area (Å²) < 4.78 is 5.04. The lowest BCUT2D eigenvalue weighted by molar-refractivity contribution is -0.383. The minimum Gasteiger partial charge on any atom is -0.449 e. The highest BCUT2D eigenvalue weighted by molar-refractivity contribution is 5.87. The van der Waals surface area contributed by atoms with Crippen LogP contribution in [0.5, 0.6) is 0 Å². The fraction of sp³-hybridized carbons (Fsp3) is 0.562. The third-order valence-corrected chi connectivity index (χ3v) is 3.32. The van der Waals surface area contributed by atoms with Crippen molar-refractivity contribution in [3.63, 3.8) is 0 Å². The van der Waals surface area contributed by atoms with E-state index in [1.165, 1.54) is 37.8 Å². The van der Waals surface area contributed by atoms with Crippen LogP contribution in [0.2, 0.25) is 0 Å². The minimum atomic E-state index is -0.653. The van der Waals surface area contributed by atoms with E-state index in [1.54, 1.807) is 12.1 Å². The normalized spacial score (nSPS) is 10.2. The topological polar surface area (TPSA) is 81.5 Å². The van der Waals surface area contributed by atoms with Gasteiger partial charge in [-0.2, -0.15) is 0 Å². The molecule has 0 saturated heterocycles. The van der Waals surface area contributed by atoms with E-state index < -0.39 is 11.0 Å². The number of rotatable bonds is 10. The SMILES string of the molecule is CCCCCCCCCOC(=O)Nc1ccccc1[N+](=O)[O-]. The van der Waals surface area contributed by atoms with Gasteiger partial charge < -0.3 is 4.74 Å². The number of ether oxygens (including phenoxy) is 1. The summed E-state index contributed by atoms with van der Waals surface area (Å²) in [4.78, 5) is 21.9. The molecule has 0 heterocycles. The van der Waals surface area contributed by atoms with Gasteiger partial charge in [-0.1, -0.05) is 57.6 Å². The van der Waals surface area contributed by atoms with Gasteiger partial charge in [0.1, 0.15) is 5.69 Å².